The number of nitrogens with zero attached hydrogens (tertiary/aromatic N) is 1. The van der Waals surface area contributed by atoms with Crippen LogP contribution in [0.1, 0.15) is 18.4 Å². The Morgan fingerprint density at radius 1 is 1.50 bits per heavy atom. The van der Waals surface area contributed by atoms with Gasteiger partial charge in [0, 0.05) is 19.1 Å². The Morgan fingerprint density at radius 3 is 2.83 bits per heavy atom. The number of sulfonamides is 1. The predicted molar refractivity (Wildman–Crippen MR) is 67.1 cm³/mol. The molecule has 0 saturated carbocycles. The maximum Gasteiger partial charge on any atom is 0.243 e. The zero-order valence-electron chi connectivity index (χ0n) is 10.3. The first-order valence-electron chi connectivity index (χ1n) is 5.95. The minimum atomic E-state index is -3.55. The van der Waals surface area contributed by atoms with Gasteiger partial charge in [-0.1, -0.05) is 0 Å². The van der Waals surface area contributed by atoms with Crippen LogP contribution in [0.2, 0.25) is 0 Å². The fourth-order valence-electron chi connectivity index (χ4n) is 2.27. The fourth-order valence-corrected chi connectivity index (χ4v) is 4.06. The van der Waals surface area contributed by atoms with Crippen LogP contribution in [0.15, 0.2) is 23.1 Å². The zero-order chi connectivity index (χ0) is 13.3. The van der Waals surface area contributed by atoms with Crippen LogP contribution >= 0.6 is 0 Å². The van der Waals surface area contributed by atoms with Crippen LogP contribution in [-0.2, 0) is 10.0 Å². The van der Waals surface area contributed by atoms with Gasteiger partial charge in [-0.25, -0.2) is 12.8 Å². The lowest BCUT2D eigenvalue weighted by molar-refractivity contribution is 0.393. The molecule has 100 valence electrons. The van der Waals surface area contributed by atoms with Gasteiger partial charge >= 0.3 is 0 Å². The van der Waals surface area contributed by atoms with Crippen molar-refractivity contribution in [2.75, 3.05) is 13.1 Å². The maximum absolute atomic E-state index is 13.2. The van der Waals surface area contributed by atoms with E-state index >= 15 is 0 Å². The molecule has 1 heterocycles. The largest absolute Gasteiger partial charge is 0.329 e. The number of benzene rings is 1. The first kappa shape index (κ1) is 13.5. The summed E-state index contributed by atoms with van der Waals surface area (Å²) in [6.45, 7) is 2.36. The molecule has 1 saturated heterocycles. The van der Waals surface area contributed by atoms with Gasteiger partial charge in [-0.2, -0.15) is 4.31 Å². The minimum absolute atomic E-state index is 0.139. The molecular weight excluding hydrogens is 255 g/mol. The molecule has 1 atom stereocenters. The highest BCUT2D eigenvalue weighted by molar-refractivity contribution is 7.89. The average molecular weight is 272 g/mol. The van der Waals surface area contributed by atoms with Crippen LogP contribution < -0.4 is 5.73 Å². The number of rotatable bonds is 3. The molecule has 1 aromatic rings. The Bertz CT molecular complexity index is 545. The Balaban J connectivity index is 2.38. The summed E-state index contributed by atoms with van der Waals surface area (Å²) in [5.41, 5.74) is 5.92. The van der Waals surface area contributed by atoms with Crippen molar-refractivity contribution in [3.63, 3.8) is 0 Å². The van der Waals surface area contributed by atoms with E-state index in [4.69, 9.17) is 5.73 Å². The normalized spacial score (nSPS) is 21.4. The molecule has 0 unspecified atom stereocenters. The number of nitrogens with two attached hydrogens (primary N) is 1. The second kappa shape index (κ2) is 4.95. The van der Waals surface area contributed by atoms with Gasteiger partial charge in [-0.05, 0) is 43.5 Å². The van der Waals surface area contributed by atoms with Gasteiger partial charge < -0.3 is 5.73 Å². The summed E-state index contributed by atoms with van der Waals surface area (Å²) in [5, 5.41) is 0. The summed E-state index contributed by atoms with van der Waals surface area (Å²) in [6, 6.07) is 3.73. The predicted octanol–water partition coefficient (Wildman–Crippen LogP) is 1.25. The van der Waals surface area contributed by atoms with Gasteiger partial charge in [0.05, 0.1) is 4.90 Å². The van der Waals surface area contributed by atoms with Gasteiger partial charge in [-0.15, -0.1) is 0 Å². The monoisotopic (exact) mass is 272 g/mol. The van der Waals surface area contributed by atoms with E-state index in [9.17, 15) is 12.8 Å². The van der Waals surface area contributed by atoms with Gasteiger partial charge in [0.1, 0.15) is 5.82 Å². The quantitative estimate of drug-likeness (QED) is 0.900. The van der Waals surface area contributed by atoms with Crippen LogP contribution in [-0.4, -0.2) is 31.9 Å². The molecule has 2 rings (SSSR count). The highest BCUT2D eigenvalue weighted by Crippen LogP contribution is 2.26. The number of hydrogen-bond acceptors (Lipinski definition) is 3. The Labute approximate surface area is 107 Å². The SMILES string of the molecule is Cc1cc(S(=O)(=O)N2CCC[C@H]2CN)ccc1F. The molecule has 0 bridgehead atoms. The molecule has 2 N–H and O–H groups in total. The summed E-state index contributed by atoms with van der Waals surface area (Å²) in [5.74, 6) is -0.397. The van der Waals surface area contributed by atoms with Gasteiger partial charge in [0.15, 0.2) is 0 Å². The summed E-state index contributed by atoms with van der Waals surface area (Å²) < 4.78 is 39.4. The minimum Gasteiger partial charge on any atom is -0.329 e. The van der Waals surface area contributed by atoms with E-state index in [-0.39, 0.29) is 10.9 Å². The Hall–Kier alpha value is -0.980. The molecule has 0 radical (unpaired) electrons. The molecule has 0 spiro atoms. The molecule has 18 heavy (non-hydrogen) atoms. The van der Waals surface area contributed by atoms with Gasteiger partial charge in [0.2, 0.25) is 10.0 Å². The Kier molecular flexibility index (Phi) is 3.70. The summed E-state index contributed by atoms with van der Waals surface area (Å²) >= 11 is 0. The smallest absolute Gasteiger partial charge is 0.243 e. The van der Waals surface area contributed by atoms with Crippen LogP contribution in [0, 0.1) is 12.7 Å². The molecule has 1 aliphatic rings. The lowest BCUT2D eigenvalue weighted by Gasteiger charge is -2.23. The third-order valence-electron chi connectivity index (χ3n) is 3.33. The van der Waals surface area contributed by atoms with E-state index < -0.39 is 15.8 Å². The van der Waals surface area contributed by atoms with Gasteiger partial charge in [0.25, 0.3) is 0 Å². The van der Waals surface area contributed by atoms with Crippen molar-refractivity contribution in [3.8, 4) is 0 Å². The van der Waals surface area contributed by atoms with Crippen molar-refractivity contribution in [3.05, 3.63) is 29.6 Å². The van der Waals surface area contributed by atoms with Crippen molar-refractivity contribution in [2.24, 2.45) is 5.73 Å². The van der Waals surface area contributed by atoms with Crippen LogP contribution in [0.25, 0.3) is 0 Å². The molecule has 4 nitrogen and oxygen atoms in total. The van der Waals surface area contributed by atoms with E-state index in [1.54, 1.807) is 6.92 Å². The number of halogens is 1. The molecule has 0 aliphatic carbocycles. The van der Waals surface area contributed by atoms with Crippen LogP contribution in [0.5, 0.6) is 0 Å². The Morgan fingerprint density at radius 2 is 2.22 bits per heavy atom. The van der Waals surface area contributed by atoms with E-state index in [0.29, 0.717) is 18.7 Å². The number of hydrogen-bond donors (Lipinski definition) is 1. The molecule has 1 fully saturated rings. The topological polar surface area (TPSA) is 63.4 Å². The highest BCUT2D eigenvalue weighted by Gasteiger charge is 2.34. The molecule has 6 heteroatoms. The van der Waals surface area contributed by atoms with Crippen LogP contribution in [0.3, 0.4) is 0 Å². The van der Waals surface area contributed by atoms with Crippen molar-refractivity contribution in [1.82, 2.24) is 4.31 Å². The average Bonchev–Trinajstić information content (AvgIpc) is 2.81. The standard InChI is InChI=1S/C12H17FN2O2S/c1-9-7-11(4-5-12(9)13)18(16,17)15-6-2-3-10(15)8-14/h4-5,7,10H,2-3,6,8,14H2,1H3/t10-/m0/s1. The van der Waals surface area contributed by atoms with Gasteiger partial charge in [-0.3, -0.25) is 0 Å². The van der Waals surface area contributed by atoms with Crippen molar-refractivity contribution in [1.29, 1.82) is 0 Å². The second-order valence-corrected chi connectivity index (χ2v) is 6.45. The maximum atomic E-state index is 13.2. The van der Waals surface area contributed by atoms with Crippen molar-refractivity contribution >= 4 is 10.0 Å². The van der Waals surface area contributed by atoms with Crippen molar-refractivity contribution < 1.29 is 12.8 Å². The van der Waals surface area contributed by atoms with E-state index in [1.165, 1.54) is 22.5 Å². The van der Waals surface area contributed by atoms with E-state index in [1.807, 2.05) is 0 Å². The lowest BCUT2D eigenvalue weighted by atomic mass is 10.2. The molecule has 0 amide bonds. The summed E-state index contributed by atoms with van der Waals surface area (Å²) in [6.07, 6.45) is 1.61. The van der Waals surface area contributed by atoms with E-state index in [2.05, 4.69) is 0 Å². The fraction of sp³-hybridized carbons (Fsp3) is 0.500. The molecule has 0 aromatic heterocycles. The third kappa shape index (κ3) is 2.28. The zero-order valence-corrected chi connectivity index (χ0v) is 11.1. The summed E-state index contributed by atoms with van der Waals surface area (Å²) in [4.78, 5) is 0.141. The van der Waals surface area contributed by atoms with Crippen molar-refractivity contribution in [2.45, 2.75) is 30.7 Å². The molecular formula is C12H17FN2O2S. The second-order valence-electron chi connectivity index (χ2n) is 4.56. The van der Waals surface area contributed by atoms with Crippen LogP contribution in [0.4, 0.5) is 4.39 Å². The van der Waals surface area contributed by atoms with E-state index in [0.717, 1.165) is 12.8 Å². The highest BCUT2D eigenvalue weighted by atomic mass is 32.2. The summed E-state index contributed by atoms with van der Waals surface area (Å²) in [7, 11) is -3.55. The molecule has 1 aliphatic heterocycles. The molecule has 1 aromatic carbocycles. The third-order valence-corrected chi connectivity index (χ3v) is 5.28. The first-order chi connectivity index (χ1) is 8.46. The lowest BCUT2D eigenvalue weighted by Crippen LogP contribution is -2.39. The first-order valence-corrected chi connectivity index (χ1v) is 7.39. The number of aryl methyl sites for hydroxylation is 1.